The van der Waals surface area contributed by atoms with E-state index in [0.29, 0.717) is 24.0 Å². The van der Waals surface area contributed by atoms with Crippen LogP contribution in [-0.2, 0) is 11.2 Å². The van der Waals surface area contributed by atoms with Gasteiger partial charge in [-0.25, -0.2) is 0 Å². The van der Waals surface area contributed by atoms with Gasteiger partial charge in [-0.15, -0.1) is 0 Å². The fourth-order valence-corrected chi connectivity index (χ4v) is 3.76. The van der Waals surface area contributed by atoms with E-state index in [-0.39, 0.29) is 0 Å². The van der Waals surface area contributed by atoms with Crippen molar-refractivity contribution >= 4 is 0 Å². The van der Waals surface area contributed by atoms with Gasteiger partial charge in [-0.2, -0.15) is 0 Å². The highest BCUT2D eigenvalue weighted by Crippen LogP contribution is 2.24. The van der Waals surface area contributed by atoms with Crippen LogP contribution in [0.4, 0.5) is 0 Å². The van der Waals surface area contributed by atoms with Crippen LogP contribution in [-0.4, -0.2) is 49.3 Å². The van der Waals surface area contributed by atoms with Crippen molar-refractivity contribution in [3.05, 3.63) is 35.9 Å². The minimum Gasteiger partial charge on any atom is -0.381 e. The van der Waals surface area contributed by atoms with Gasteiger partial charge in [-0.1, -0.05) is 30.3 Å². The van der Waals surface area contributed by atoms with Crippen LogP contribution in [0.1, 0.15) is 25.8 Å². The molecule has 1 N–H and O–H groups in total. The third-order valence-electron chi connectivity index (χ3n) is 5.19. The lowest BCUT2D eigenvalue weighted by Gasteiger charge is -2.44. The highest BCUT2D eigenvalue weighted by molar-refractivity contribution is 5.16. The molecule has 21 heavy (non-hydrogen) atoms. The molecule has 2 aliphatic rings. The normalized spacial score (nSPS) is 32.2. The van der Waals surface area contributed by atoms with Crippen LogP contribution in [0.5, 0.6) is 0 Å². The smallest absolute Gasteiger partial charge is 0.0509 e. The molecule has 116 valence electrons. The van der Waals surface area contributed by atoms with Crippen LogP contribution in [0.3, 0.4) is 0 Å². The molecule has 4 atom stereocenters. The second-order valence-corrected chi connectivity index (χ2v) is 6.70. The van der Waals surface area contributed by atoms with Gasteiger partial charge < -0.3 is 10.1 Å². The molecule has 2 heterocycles. The zero-order valence-electron chi connectivity index (χ0n) is 13.3. The van der Waals surface area contributed by atoms with E-state index in [1.807, 2.05) is 0 Å². The third-order valence-corrected chi connectivity index (χ3v) is 5.19. The highest BCUT2D eigenvalue weighted by Gasteiger charge is 2.33. The van der Waals surface area contributed by atoms with Gasteiger partial charge in [-0.3, -0.25) is 4.90 Å². The van der Waals surface area contributed by atoms with E-state index in [0.717, 1.165) is 32.7 Å². The van der Waals surface area contributed by atoms with Gasteiger partial charge in [-0.05, 0) is 38.2 Å². The monoisotopic (exact) mass is 288 g/mol. The fraction of sp³-hybridized carbons (Fsp3) is 0.667. The number of piperazine rings is 1. The first-order chi connectivity index (χ1) is 10.2. The average molecular weight is 288 g/mol. The summed E-state index contributed by atoms with van der Waals surface area (Å²) >= 11 is 0. The quantitative estimate of drug-likeness (QED) is 0.920. The Morgan fingerprint density at radius 1 is 1.33 bits per heavy atom. The van der Waals surface area contributed by atoms with E-state index < -0.39 is 0 Å². The minimum absolute atomic E-state index is 0.563. The molecule has 4 unspecified atom stereocenters. The molecule has 0 radical (unpaired) electrons. The number of nitrogens with one attached hydrogen (secondary N) is 1. The first-order valence-electron chi connectivity index (χ1n) is 8.35. The molecule has 1 aromatic rings. The average Bonchev–Trinajstić information content (AvgIpc) is 3.04. The lowest BCUT2D eigenvalue weighted by Crippen LogP contribution is -2.59. The predicted octanol–water partition coefficient (Wildman–Crippen LogP) is 2.32. The molecule has 2 aliphatic heterocycles. The number of nitrogens with zero attached hydrogens (tertiary/aromatic N) is 1. The molecule has 0 aromatic heterocycles. The number of ether oxygens (including phenoxy) is 1. The van der Waals surface area contributed by atoms with Crippen LogP contribution in [0, 0.1) is 5.92 Å². The van der Waals surface area contributed by atoms with Crippen LogP contribution < -0.4 is 5.32 Å². The van der Waals surface area contributed by atoms with E-state index in [9.17, 15) is 0 Å². The van der Waals surface area contributed by atoms with Crippen molar-refractivity contribution in [2.75, 3.05) is 26.3 Å². The van der Waals surface area contributed by atoms with Crippen molar-refractivity contribution in [2.45, 2.75) is 44.8 Å². The van der Waals surface area contributed by atoms with E-state index >= 15 is 0 Å². The molecule has 0 aliphatic carbocycles. The predicted molar refractivity (Wildman–Crippen MR) is 86.5 cm³/mol. The van der Waals surface area contributed by atoms with Crippen molar-refractivity contribution < 1.29 is 4.74 Å². The van der Waals surface area contributed by atoms with Crippen LogP contribution in [0.15, 0.2) is 30.3 Å². The van der Waals surface area contributed by atoms with E-state index in [2.05, 4.69) is 54.4 Å². The number of hydrogen-bond donors (Lipinski definition) is 1. The maximum atomic E-state index is 5.58. The Labute approximate surface area is 128 Å². The molecule has 2 saturated heterocycles. The fourth-order valence-electron chi connectivity index (χ4n) is 3.76. The first-order valence-corrected chi connectivity index (χ1v) is 8.35. The van der Waals surface area contributed by atoms with Crippen molar-refractivity contribution in [2.24, 2.45) is 5.92 Å². The standard InChI is InChI=1S/C18H28N2O/c1-14-11-19-18(10-16-6-4-3-5-7-16)12-20(14)15(2)17-8-9-21-13-17/h3-7,14-15,17-19H,8-13H2,1-2H3. The number of benzene rings is 1. The molecular formula is C18H28N2O. The molecule has 2 fully saturated rings. The molecule has 0 spiro atoms. The van der Waals surface area contributed by atoms with Crippen LogP contribution in [0.25, 0.3) is 0 Å². The summed E-state index contributed by atoms with van der Waals surface area (Å²) in [4.78, 5) is 2.70. The molecule has 3 rings (SSSR count). The summed E-state index contributed by atoms with van der Waals surface area (Å²) in [7, 11) is 0. The minimum atomic E-state index is 0.563. The van der Waals surface area contributed by atoms with Gasteiger partial charge in [0.05, 0.1) is 6.61 Å². The van der Waals surface area contributed by atoms with Crippen molar-refractivity contribution in [3.63, 3.8) is 0 Å². The van der Waals surface area contributed by atoms with Gasteiger partial charge in [0.25, 0.3) is 0 Å². The Kier molecular flexibility index (Phi) is 4.94. The topological polar surface area (TPSA) is 24.5 Å². The maximum Gasteiger partial charge on any atom is 0.0509 e. The van der Waals surface area contributed by atoms with Gasteiger partial charge in [0.15, 0.2) is 0 Å². The van der Waals surface area contributed by atoms with Gasteiger partial charge in [0, 0.05) is 37.8 Å². The Hall–Kier alpha value is -0.900. The Morgan fingerprint density at radius 2 is 2.14 bits per heavy atom. The first kappa shape index (κ1) is 15.0. The summed E-state index contributed by atoms with van der Waals surface area (Å²) in [5.74, 6) is 0.711. The van der Waals surface area contributed by atoms with E-state index in [1.54, 1.807) is 0 Å². The second kappa shape index (κ2) is 6.91. The molecule has 3 nitrogen and oxygen atoms in total. The largest absolute Gasteiger partial charge is 0.381 e. The third kappa shape index (κ3) is 3.65. The second-order valence-electron chi connectivity index (χ2n) is 6.70. The zero-order chi connectivity index (χ0) is 14.7. The van der Waals surface area contributed by atoms with Crippen LogP contribution in [0.2, 0.25) is 0 Å². The van der Waals surface area contributed by atoms with Crippen molar-refractivity contribution in [1.29, 1.82) is 0 Å². The molecule has 3 heteroatoms. The summed E-state index contributed by atoms with van der Waals surface area (Å²) in [6, 6.07) is 12.6. The maximum absolute atomic E-state index is 5.58. The molecule has 0 bridgehead atoms. The Morgan fingerprint density at radius 3 is 2.86 bits per heavy atom. The van der Waals surface area contributed by atoms with Crippen LogP contribution >= 0.6 is 0 Å². The SMILES string of the molecule is CC1CNC(Cc2ccccc2)CN1C(C)C1CCOC1. The summed E-state index contributed by atoms with van der Waals surface area (Å²) in [6.45, 7) is 8.87. The lowest BCUT2D eigenvalue weighted by atomic mass is 9.94. The van der Waals surface area contributed by atoms with Gasteiger partial charge >= 0.3 is 0 Å². The van der Waals surface area contributed by atoms with Gasteiger partial charge in [0.2, 0.25) is 0 Å². The summed E-state index contributed by atoms with van der Waals surface area (Å²) in [5, 5.41) is 3.72. The van der Waals surface area contributed by atoms with Gasteiger partial charge in [0.1, 0.15) is 0 Å². The van der Waals surface area contributed by atoms with Crippen molar-refractivity contribution in [1.82, 2.24) is 10.2 Å². The molecule has 1 aromatic carbocycles. The van der Waals surface area contributed by atoms with E-state index in [1.165, 1.54) is 12.0 Å². The Bertz CT molecular complexity index is 430. The Balaban J connectivity index is 1.61. The summed E-state index contributed by atoms with van der Waals surface area (Å²) < 4.78 is 5.58. The summed E-state index contributed by atoms with van der Waals surface area (Å²) in [6.07, 6.45) is 2.35. The highest BCUT2D eigenvalue weighted by atomic mass is 16.5. The number of rotatable bonds is 4. The zero-order valence-corrected chi connectivity index (χ0v) is 13.3. The van der Waals surface area contributed by atoms with E-state index in [4.69, 9.17) is 4.74 Å². The lowest BCUT2D eigenvalue weighted by molar-refractivity contribution is 0.0619. The molecule has 0 saturated carbocycles. The summed E-state index contributed by atoms with van der Waals surface area (Å²) in [5.41, 5.74) is 1.43. The number of hydrogen-bond acceptors (Lipinski definition) is 3. The molecule has 0 amide bonds. The molecular weight excluding hydrogens is 260 g/mol. The van der Waals surface area contributed by atoms with Crippen molar-refractivity contribution in [3.8, 4) is 0 Å².